The first-order valence-electron chi connectivity index (χ1n) is 9.47. The standard InChI is InChI=1S/C23H28N4/c1-15(2)14-17(5)25-19(16(3)4)10-12-22-26-23-18-8-7-13-24-20(18)9-11-21(23)27(22)6/h7-9,11,13-14,16H,1,10,12H2,2-6H3/b17-14-,25-19?. The average Bonchev–Trinajstić information content (AvgIpc) is 2.94. The number of pyridine rings is 1. The van der Waals surface area contributed by atoms with Gasteiger partial charge in [-0.3, -0.25) is 9.98 Å². The SMILES string of the molecule is C=C(C)/C=C(/C)N=C(CCc1nc2c3cccnc3ccc2n1C)C(C)C. The quantitative estimate of drug-likeness (QED) is 0.422. The van der Waals surface area contributed by atoms with Gasteiger partial charge in [-0.25, -0.2) is 4.98 Å². The Hall–Kier alpha value is -2.75. The lowest BCUT2D eigenvalue weighted by Crippen LogP contribution is -2.11. The number of rotatable bonds is 6. The molecule has 4 heteroatoms. The number of hydrogen-bond acceptors (Lipinski definition) is 3. The maximum absolute atomic E-state index is 4.94. The zero-order valence-electron chi connectivity index (χ0n) is 17.0. The fourth-order valence-electron chi connectivity index (χ4n) is 3.41. The highest BCUT2D eigenvalue weighted by Gasteiger charge is 2.13. The minimum atomic E-state index is 0.401. The van der Waals surface area contributed by atoms with Gasteiger partial charge in [0.1, 0.15) is 5.82 Å². The van der Waals surface area contributed by atoms with Gasteiger partial charge in [0.05, 0.1) is 16.6 Å². The van der Waals surface area contributed by atoms with Gasteiger partial charge in [0.2, 0.25) is 0 Å². The maximum atomic E-state index is 4.94. The molecule has 0 spiro atoms. The number of nitrogens with zero attached hydrogens (tertiary/aromatic N) is 4. The molecule has 1 aromatic carbocycles. The van der Waals surface area contributed by atoms with Crippen LogP contribution in [0.25, 0.3) is 21.9 Å². The Morgan fingerprint density at radius 1 is 1.26 bits per heavy atom. The van der Waals surface area contributed by atoms with E-state index in [4.69, 9.17) is 9.98 Å². The van der Waals surface area contributed by atoms with Gasteiger partial charge in [0, 0.05) is 36.5 Å². The average molecular weight is 361 g/mol. The number of hydrogen-bond donors (Lipinski definition) is 0. The Morgan fingerprint density at radius 3 is 2.74 bits per heavy atom. The Morgan fingerprint density at radius 2 is 2.04 bits per heavy atom. The lowest BCUT2D eigenvalue weighted by Gasteiger charge is -2.11. The Balaban J connectivity index is 1.91. The van der Waals surface area contributed by atoms with Gasteiger partial charge in [-0.05, 0) is 56.5 Å². The highest BCUT2D eigenvalue weighted by atomic mass is 15.1. The first-order valence-corrected chi connectivity index (χ1v) is 9.47. The Kier molecular flexibility index (Phi) is 5.54. The molecule has 3 rings (SSSR count). The van der Waals surface area contributed by atoms with Crippen molar-refractivity contribution in [1.29, 1.82) is 0 Å². The van der Waals surface area contributed by atoms with E-state index in [1.165, 1.54) is 5.71 Å². The molecule has 0 saturated carbocycles. The van der Waals surface area contributed by atoms with Gasteiger partial charge in [-0.15, -0.1) is 0 Å². The lowest BCUT2D eigenvalue weighted by atomic mass is 10.0. The van der Waals surface area contributed by atoms with E-state index in [2.05, 4.69) is 55.2 Å². The molecule has 0 radical (unpaired) electrons. The minimum absolute atomic E-state index is 0.401. The van der Waals surface area contributed by atoms with Crippen LogP contribution in [0.1, 0.15) is 39.9 Å². The van der Waals surface area contributed by atoms with Gasteiger partial charge < -0.3 is 4.57 Å². The molecule has 0 aliphatic carbocycles. The monoisotopic (exact) mass is 360 g/mol. The number of aryl methyl sites for hydroxylation is 2. The van der Waals surface area contributed by atoms with Crippen LogP contribution >= 0.6 is 0 Å². The first-order chi connectivity index (χ1) is 12.9. The molecule has 0 amide bonds. The van der Waals surface area contributed by atoms with E-state index in [1.54, 1.807) is 0 Å². The second-order valence-corrected chi connectivity index (χ2v) is 7.48. The van der Waals surface area contributed by atoms with Crippen molar-refractivity contribution in [2.24, 2.45) is 18.0 Å². The predicted octanol–water partition coefficient (Wildman–Crippen LogP) is 5.63. The van der Waals surface area contributed by atoms with Crippen molar-refractivity contribution in [3.8, 4) is 0 Å². The van der Waals surface area contributed by atoms with Crippen LogP contribution in [0, 0.1) is 5.92 Å². The molecule has 0 bridgehead atoms. The van der Waals surface area contributed by atoms with Gasteiger partial charge in [-0.2, -0.15) is 0 Å². The number of imidazole rings is 1. The molecular weight excluding hydrogens is 332 g/mol. The number of benzene rings is 1. The molecule has 0 unspecified atom stereocenters. The second-order valence-electron chi connectivity index (χ2n) is 7.48. The number of fused-ring (bicyclic) bond motifs is 3. The van der Waals surface area contributed by atoms with Crippen LogP contribution in [0.5, 0.6) is 0 Å². The van der Waals surface area contributed by atoms with Crippen molar-refractivity contribution >= 4 is 27.6 Å². The van der Waals surface area contributed by atoms with Crippen molar-refractivity contribution in [3.63, 3.8) is 0 Å². The van der Waals surface area contributed by atoms with Crippen molar-refractivity contribution < 1.29 is 0 Å². The first kappa shape index (κ1) is 19.0. The normalized spacial score (nSPS) is 13.1. The molecule has 27 heavy (non-hydrogen) atoms. The number of aromatic nitrogens is 3. The Bertz CT molecular complexity index is 1050. The molecule has 3 aromatic rings. The third kappa shape index (κ3) is 4.16. The summed E-state index contributed by atoms with van der Waals surface area (Å²) in [5, 5.41) is 1.11. The summed E-state index contributed by atoms with van der Waals surface area (Å²) < 4.78 is 2.19. The molecule has 0 N–H and O–H groups in total. The molecule has 140 valence electrons. The van der Waals surface area contributed by atoms with Crippen LogP contribution in [-0.2, 0) is 13.5 Å². The van der Waals surface area contributed by atoms with E-state index in [1.807, 2.05) is 32.2 Å². The number of aliphatic imine (C=N–C) groups is 1. The highest BCUT2D eigenvalue weighted by molar-refractivity contribution is 6.02. The van der Waals surface area contributed by atoms with Gasteiger partial charge in [-0.1, -0.05) is 26.0 Å². The van der Waals surface area contributed by atoms with E-state index in [0.717, 1.165) is 51.9 Å². The number of allylic oxidation sites excluding steroid dienone is 3. The van der Waals surface area contributed by atoms with Crippen molar-refractivity contribution in [2.75, 3.05) is 0 Å². The van der Waals surface area contributed by atoms with Gasteiger partial charge in [0.25, 0.3) is 0 Å². The summed E-state index contributed by atoms with van der Waals surface area (Å²) in [5.74, 6) is 1.48. The smallest absolute Gasteiger partial charge is 0.110 e. The van der Waals surface area contributed by atoms with Crippen LogP contribution in [-0.4, -0.2) is 20.2 Å². The predicted molar refractivity (Wildman–Crippen MR) is 115 cm³/mol. The van der Waals surface area contributed by atoms with Crippen molar-refractivity contribution in [2.45, 2.75) is 40.5 Å². The highest BCUT2D eigenvalue weighted by Crippen LogP contribution is 2.24. The van der Waals surface area contributed by atoms with Crippen LogP contribution in [0.4, 0.5) is 0 Å². The lowest BCUT2D eigenvalue weighted by molar-refractivity contribution is 0.776. The van der Waals surface area contributed by atoms with E-state index >= 15 is 0 Å². The zero-order valence-corrected chi connectivity index (χ0v) is 17.0. The summed E-state index contributed by atoms with van der Waals surface area (Å²) in [6, 6.07) is 8.23. The van der Waals surface area contributed by atoms with E-state index in [0.29, 0.717) is 5.92 Å². The summed E-state index contributed by atoms with van der Waals surface area (Å²) in [7, 11) is 2.09. The van der Waals surface area contributed by atoms with Crippen molar-refractivity contribution in [1.82, 2.24) is 14.5 Å². The van der Waals surface area contributed by atoms with E-state index < -0.39 is 0 Å². The molecular formula is C23H28N4. The van der Waals surface area contributed by atoms with E-state index in [9.17, 15) is 0 Å². The summed E-state index contributed by atoms with van der Waals surface area (Å²) in [6.45, 7) is 12.4. The van der Waals surface area contributed by atoms with Crippen LogP contribution in [0.15, 0.2) is 59.4 Å². The molecule has 0 saturated heterocycles. The van der Waals surface area contributed by atoms with Gasteiger partial charge >= 0.3 is 0 Å². The van der Waals surface area contributed by atoms with Crippen molar-refractivity contribution in [3.05, 3.63) is 60.2 Å². The fourth-order valence-corrected chi connectivity index (χ4v) is 3.41. The van der Waals surface area contributed by atoms with Crippen LogP contribution in [0.2, 0.25) is 0 Å². The molecule has 4 nitrogen and oxygen atoms in total. The Labute approximate surface area is 161 Å². The molecule has 0 fully saturated rings. The van der Waals surface area contributed by atoms with E-state index in [-0.39, 0.29) is 0 Å². The molecule has 0 aliphatic heterocycles. The van der Waals surface area contributed by atoms with Crippen LogP contribution < -0.4 is 0 Å². The molecule has 2 heterocycles. The van der Waals surface area contributed by atoms with Gasteiger partial charge in [0.15, 0.2) is 0 Å². The summed E-state index contributed by atoms with van der Waals surface area (Å²) in [4.78, 5) is 14.2. The van der Waals surface area contributed by atoms with Crippen LogP contribution in [0.3, 0.4) is 0 Å². The summed E-state index contributed by atoms with van der Waals surface area (Å²) in [6.07, 6.45) is 5.61. The minimum Gasteiger partial charge on any atom is -0.331 e. The zero-order chi connectivity index (χ0) is 19.6. The molecule has 0 aliphatic rings. The topological polar surface area (TPSA) is 43.1 Å². The maximum Gasteiger partial charge on any atom is 0.110 e. The molecule has 2 aromatic heterocycles. The summed E-state index contributed by atoms with van der Waals surface area (Å²) >= 11 is 0. The molecule has 0 atom stereocenters. The third-order valence-corrected chi connectivity index (χ3v) is 4.77. The fraction of sp³-hybridized carbons (Fsp3) is 0.348. The largest absolute Gasteiger partial charge is 0.331 e. The second kappa shape index (κ2) is 7.87. The summed E-state index contributed by atoms with van der Waals surface area (Å²) in [5.41, 5.74) is 6.39. The third-order valence-electron chi connectivity index (χ3n) is 4.77.